The molecule has 0 saturated carbocycles. The van der Waals surface area contributed by atoms with Crippen molar-refractivity contribution in [1.82, 2.24) is 10.2 Å². The quantitative estimate of drug-likeness (QED) is 0.595. The molecule has 0 radical (unpaired) electrons. The molecule has 0 rings (SSSR count). The van der Waals surface area contributed by atoms with Crippen LogP contribution in [0.4, 0.5) is 0 Å². The van der Waals surface area contributed by atoms with Gasteiger partial charge in [0.05, 0.1) is 0 Å². The van der Waals surface area contributed by atoms with Crippen LogP contribution in [0.25, 0.3) is 0 Å². The van der Waals surface area contributed by atoms with E-state index in [-0.39, 0.29) is 0 Å². The van der Waals surface area contributed by atoms with Gasteiger partial charge in [-0.15, -0.1) is 11.8 Å². The second-order valence-electron chi connectivity index (χ2n) is 2.88. The molecule has 0 aliphatic rings. The minimum absolute atomic E-state index is 0.498. The highest BCUT2D eigenvalue weighted by molar-refractivity contribution is 4.98. The van der Waals surface area contributed by atoms with Crippen molar-refractivity contribution >= 4 is 0 Å². The zero-order valence-electron chi connectivity index (χ0n) is 7.94. The van der Waals surface area contributed by atoms with Crippen LogP contribution in [0.15, 0.2) is 0 Å². The Kier molecular flexibility index (Phi) is 5.91. The lowest BCUT2D eigenvalue weighted by atomic mass is 10.2. The van der Waals surface area contributed by atoms with Gasteiger partial charge in [-0.25, -0.2) is 0 Å². The van der Waals surface area contributed by atoms with Gasteiger partial charge in [-0.05, 0) is 28.1 Å². The summed E-state index contributed by atoms with van der Waals surface area (Å²) >= 11 is 0. The number of likely N-dealkylation sites (N-methyl/N-ethyl adjacent to an activating group) is 2. The van der Waals surface area contributed by atoms with Crippen molar-refractivity contribution in [3.63, 3.8) is 0 Å². The van der Waals surface area contributed by atoms with Crippen LogP contribution in [-0.4, -0.2) is 38.6 Å². The number of hydrogen-bond donors (Lipinski definition) is 1. The Labute approximate surface area is 70.0 Å². The average molecular weight is 154 g/mol. The monoisotopic (exact) mass is 154 g/mol. The molecule has 0 amide bonds. The van der Waals surface area contributed by atoms with Crippen LogP contribution in [-0.2, 0) is 0 Å². The highest BCUT2D eigenvalue weighted by atomic mass is 15.1. The molecule has 0 aromatic carbocycles. The van der Waals surface area contributed by atoms with Crippen molar-refractivity contribution in [1.29, 1.82) is 0 Å². The highest BCUT2D eigenvalue weighted by Gasteiger charge is 2.03. The minimum atomic E-state index is 0.498. The van der Waals surface area contributed by atoms with E-state index in [1.807, 2.05) is 14.0 Å². The van der Waals surface area contributed by atoms with E-state index >= 15 is 0 Å². The van der Waals surface area contributed by atoms with Crippen LogP contribution in [0, 0.1) is 11.8 Å². The Morgan fingerprint density at radius 3 is 2.45 bits per heavy atom. The molecule has 64 valence electrons. The number of rotatable bonds is 4. The zero-order chi connectivity index (χ0) is 8.69. The average Bonchev–Trinajstić information content (AvgIpc) is 1.97. The molecule has 2 heteroatoms. The Hall–Kier alpha value is -0.520. The van der Waals surface area contributed by atoms with Crippen LogP contribution in [0.5, 0.6) is 0 Å². The van der Waals surface area contributed by atoms with Gasteiger partial charge in [0.1, 0.15) is 0 Å². The molecule has 1 atom stereocenters. The molecule has 2 nitrogen and oxygen atoms in total. The van der Waals surface area contributed by atoms with Crippen LogP contribution in [0.2, 0.25) is 0 Å². The van der Waals surface area contributed by atoms with Crippen molar-refractivity contribution in [2.24, 2.45) is 0 Å². The molecular formula is C9H18N2. The zero-order valence-corrected chi connectivity index (χ0v) is 7.94. The summed E-state index contributed by atoms with van der Waals surface area (Å²) in [6.07, 6.45) is 0.936. The number of hydrogen-bond acceptors (Lipinski definition) is 2. The van der Waals surface area contributed by atoms with Gasteiger partial charge < -0.3 is 10.2 Å². The van der Waals surface area contributed by atoms with E-state index < -0.39 is 0 Å². The predicted molar refractivity (Wildman–Crippen MR) is 49.5 cm³/mol. The molecule has 0 aromatic rings. The Morgan fingerprint density at radius 2 is 2.09 bits per heavy atom. The van der Waals surface area contributed by atoms with Crippen molar-refractivity contribution in [3.05, 3.63) is 0 Å². The van der Waals surface area contributed by atoms with Gasteiger partial charge >= 0.3 is 0 Å². The van der Waals surface area contributed by atoms with E-state index in [1.54, 1.807) is 0 Å². The third kappa shape index (κ3) is 5.90. The summed E-state index contributed by atoms with van der Waals surface area (Å²) in [6, 6.07) is 0.498. The minimum Gasteiger partial charge on any atom is -0.315 e. The second kappa shape index (κ2) is 6.21. The molecule has 0 aliphatic carbocycles. The maximum atomic E-state index is 3.22. The first kappa shape index (κ1) is 10.5. The standard InChI is InChI=1S/C9H18N2/c1-5-6-7-9(10-2)8-11(3)4/h9-10H,7-8H2,1-4H3. The first-order chi connectivity index (χ1) is 5.20. The molecule has 1 unspecified atom stereocenters. The summed E-state index contributed by atoms with van der Waals surface area (Å²) in [7, 11) is 6.12. The van der Waals surface area contributed by atoms with E-state index in [0.717, 1.165) is 13.0 Å². The lowest BCUT2D eigenvalue weighted by Gasteiger charge is -2.17. The summed E-state index contributed by atoms with van der Waals surface area (Å²) in [5.74, 6) is 5.96. The molecular weight excluding hydrogens is 136 g/mol. The fourth-order valence-corrected chi connectivity index (χ4v) is 0.924. The lowest BCUT2D eigenvalue weighted by molar-refractivity contribution is 0.351. The molecule has 0 aromatic heterocycles. The van der Waals surface area contributed by atoms with Gasteiger partial charge in [0, 0.05) is 19.0 Å². The van der Waals surface area contributed by atoms with Gasteiger partial charge in [-0.3, -0.25) is 0 Å². The van der Waals surface area contributed by atoms with Crippen LogP contribution >= 0.6 is 0 Å². The van der Waals surface area contributed by atoms with E-state index in [0.29, 0.717) is 6.04 Å². The van der Waals surface area contributed by atoms with Crippen LogP contribution in [0.3, 0.4) is 0 Å². The van der Waals surface area contributed by atoms with Gasteiger partial charge in [0.25, 0.3) is 0 Å². The van der Waals surface area contributed by atoms with Crippen LogP contribution in [0.1, 0.15) is 13.3 Å². The van der Waals surface area contributed by atoms with Crippen molar-refractivity contribution in [3.8, 4) is 11.8 Å². The van der Waals surface area contributed by atoms with E-state index in [1.165, 1.54) is 0 Å². The van der Waals surface area contributed by atoms with E-state index in [9.17, 15) is 0 Å². The van der Waals surface area contributed by atoms with E-state index in [4.69, 9.17) is 0 Å². The largest absolute Gasteiger partial charge is 0.315 e. The highest BCUT2D eigenvalue weighted by Crippen LogP contribution is 1.90. The normalized spacial score (nSPS) is 12.5. The molecule has 0 saturated heterocycles. The Bertz CT molecular complexity index is 141. The predicted octanol–water partition coefficient (Wildman–Crippen LogP) is 0.549. The third-order valence-corrected chi connectivity index (χ3v) is 1.52. The number of nitrogens with zero attached hydrogens (tertiary/aromatic N) is 1. The lowest BCUT2D eigenvalue weighted by Crippen LogP contribution is -2.35. The summed E-state index contributed by atoms with van der Waals surface area (Å²) in [6.45, 7) is 2.92. The van der Waals surface area contributed by atoms with Crippen molar-refractivity contribution < 1.29 is 0 Å². The molecule has 0 fully saturated rings. The smallest absolute Gasteiger partial charge is 0.0301 e. The molecule has 1 N–H and O–H groups in total. The number of nitrogens with one attached hydrogen (secondary N) is 1. The topological polar surface area (TPSA) is 15.3 Å². The summed E-state index contributed by atoms with van der Waals surface area (Å²) in [5.41, 5.74) is 0. The molecule has 0 aliphatic heterocycles. The molecule has 0 bridgehead atoms. The maximum Gasteiger partial charge on any atom is 0.0301 e. The Morgan fingerprint density at radius 1 is 1.45 bits per heavy atom. The summed E-state index contributed by atoms with van der Waals surface area (Å²) in [5, 5.41) is 3.22. The fourth-order valence-electron chi connectivity index (χ4n) is 0.924. The second-order valence-corrected chi connectivity index (χ2v) is 2.88. The van der Waals surface area contributed by atoms with Crippen molar-refractivity contribution in [2.75, 3.05) is 27.7 Å². The Balaban J connectivity index is 3.63. The first-order valence-electron chi connectivity index (χ1n) is 3.92. The van der Waals surface area contributed by atoms with Gasteiger partial charge in [-0.2, -0.15) is 0 Å². The SMILES string of the molecule is CC#CCC(CN(C)C)NC. The van der Waals surface area contributed by atoms with Crippen molar-refractivity contribution in [2.45, 2.75) is 19.4 Å². The van der Waals surface area contributed by atoms with Gasteiger partial charge in [-0.1, -0.05) is 0 Å². The summed E-state index contributed by atoms with van der Waals surface area (Å²) in [4.78, 5) is 2.17. The van der Waals surface area contributed by atoms with Crippen LogP contribution < -0.4 is 5.32 Å². The third-order valence-electron chi connectivity index (χ3n) is 1.52. The first-order valence-corrected chi connectivity index (χ1v) is 3.92. The maximum absolute atomic E-state index is 3.22. The molecule has 0 heterocycles. The van der Waals surface area contributed by atoms with Gasteiger partial charge in [0.2, 0.25) is 0 Å². The molecule has 11 heavy (non-hydrogen) atoms. The van der Waals surface area contributed by atoms with E-state index in [2.05, 4.69) is 36.2 Å². The molecule has 0 spiro atoms. The van der Waals surface area contributed by atoms with Gasteiger partial charge in [0.15, 0.2) is 0 Å². The fraction of sp³-hybridized carbons (Fsp3) is 0.778. The summed E-state index contributed by atoms with van der Waals surface area (Å²) < 4.78 is 0.